The number of carbonyl (C=O) groups is 2. The van der Waals surface area contributed by atoms with E-state index in [1.165, 1.54) is 25.5 Å². The van der Waals surface area contributed by atoms with Crippen LogP contribution in [0.1, 0.15) is 29.1 Å². The molecule has 0 saturated carbocycles. The molecule has 1 heterocycles. The first kappa shape index (κ1) is 20.9. The average molecular weight is 412 g/mol. The highest BCUT2D eigenvalue weighted by atomic mass is 19.1. The first-order valence-corrected chi connectivity index (χ1v) is 9.17. The van der Waals surface area contributed by atoms with Gasteiger partial charge in [0.15, 0.2) is 23.9 Å². The first-order valence-electron chi connectivity index (χ1n) is 9.17. The predicted molar refractivity (Wildman–Crippen MR) is 108 cm³/mol. The molecule has 0 bridgehead atoms. The van der Waals surface area contributed by atoms with E-state index in [9.17, 15) is 14.0 Å². The molecule has 1 unspecified atom stereocenters. The number of nitrogens with one attached hydrogen (secondary N) is 2. The van der Waals surface area contributed by atoms with Crippen LogP contribution in [-0.4, -0.2) is 25.5 Å². The number of benzene rings is 2. The lowest BCUT2D eigenvalue weighted by atomic mass is 10.1. The van der Waals surface area contributed by atoms with Gasteiger partial charge in [0.1, 0.15) is 5.75 Å². The first-order chi connectivity index (χ1) is 14.5. The number of ether oxygens (including phenoxy) is 2. The van der Waals surface area contributed by atoms with Gasteiger partial charge < -0.3 is 24.5 Å². The third kappa shape index (κ3) is 5.38. The van der Waals surface area contributed by atoms with Gasteiger partial charge in [0, 0.05) is 11.8 Å². The lowest BCUT2D eigenvalue weighted by Crippen LogP contribution is -2.31. The van der Waals surface area contributed by atoms with Gasteiger partial charge in [-0.25, -0.2) is 4.39 Å². The van der Waals surface area contributed by atoms with Crippen molar-refractivity contribution < 1.29 is 27.9 Å². The van der Waals surface area contributed by atoms with Crippen LogP contribution in [-0.2, 0) is 4.79 Å². The number of halogens is 1. The van der Waals surface area contributed by atoms with E-state index in [1.807, 2.05) is 0 Å². The Morgan fingerprint density at radius 1 is 1.13 bits per heavy atom. The number of carbonyl (C=O) groups excluding carboxylic acids is 2. The molecule has 0 radical (unpaired) electrons. The van der Waals surface area contributed by atoms with Crippen molar-refractivity contribution in [2.45, 2.75) is 13.0 Å². The van der Waals surface area contributed by atoms with Crippen molar-refractivity contribution in [2.75, 3.05) is 19.0 Å². The SMILES string of the molecule is COc1ccc(C(C)NC(=O)COc2cccc(NC(=O)c3ccco3)c2)cc1F. The molecule has 7 nitrogen and oxygen atoms in total. The van der Waals surface area contributed by atoms with E-state index in [-0.39, 0.29) is 24.0 Å². The van der Waals surface area contributed by atoms with E-state index in [0.717, 1.165) is 0 Å². The van der Waals surface area contributed by atoms with E-state index in [1.54, 1.807) is 49.4 Å². The molecule has 3 rings (SSSR count). The number of amides is 2. The van der Waals surface area contributed by atoms with Crippen LogP contribution in [0.25, 0.3) is 0 Å². The maximum atomic E-state index is 13.8. The minimum absolute atomic E-state index is 0.139. The Morgan fingerprint density at radius 2 is 1.97 bits per heavy atom. The molecular weight excluding hydrogens is 391 g/mol. The summed E-state index contributed by atoms with van der Waals surface area (Å²) < 4.78 is 29.3. The van der Waals surface area contributed by atoms with Crippen molar-refractivity contribution in [3.63, 3.8) is 0 Å². The summed E-state index contributed by atoms with van der Waals surface area (Å²) in [5.74, 6) is -0.533. The second kappa shape index (κ2) is 9.60. The van der Waals surface area contributed by atoms with Gasteiger partial charge >= 0.3 is 0 Å². The predicted octanol–water partition coefficient (Wildman–Crippen LogP) is 3.94. The molecular formula is C22H21FN2O5. The van der Waals surface area contributed by atoms with Crippen LogP contribution in [0, 0.1) is 5.82 Å². The van der Waals surface area contributed by atoms with Gasteiger partial charge in [-0.15, -0.1) is 0 Å². The van der Waals surface area contributed by atoms with E-state index < -0.39 is 17.8 Å². The van der Waals surface area contributed by atoms with E-state index >= 15 is 0 Å². The molecule has 156 valence electrons. The summed E-state index contributed by atoms with van der Waals surface area (Å²) in [6.45, 7) is 1.50. The second-order valence-corrected chi connectivity index (χ2v) is 6.43. The maximum absolute atomic E-state index is 13.8. The third-order valence-corrected chi connectivity index (χ3v) is 4.26. The topological polar surface area (TPSA) is 89.8 Å². The monoisotopic (exact) mass is 412 g/mol. The second-order valence-electron chi connectivity index (χ2n) is 6.43. The summed E-state index contributed by atoms with van der Waals surface area (Å²) in [6, 6.07) is 13.9. The van der Waals surface area contributed by atoms with Gasteiger partial charge in [0.05, 0.1) is 19.4 Å². The Balaban J connectivity index is 1.53. The molecule has 8 heteroatoms. The number of hydrogen-bond acceptors (Lipinski definition) is 5. The maximum Gasteiger partial charge on any atom is 0.291 e. The fraction of sp³-hybridized carbons (Fsp3) is 0.182. The van der Waals surface area contributed by atoms with Gasteiger partial charge in [-0.2, -0.15) is 0 Å². The van der Waals surface area contributed by atoms with Crippen molar-refractivity contribution in [3.05, 3.63) is 78.0 Å². The summed E-state index contributed by atoms with van der Waals surface area (Å²) in [5, 5.41) is 5.42. The lowest BCUT2D eigenvalue weighted by molar-refractivity contribution is -0.123. The highest BCUT2D eigenvalue weighted by molar-refractivity contribution is 6.02. The largest absolute Gasteiger partial charge is 0.494 e. The number of methoxy groups -OCH3 is 1. The van der Waals surface area contributed by atoms with Crippen molar-refractivity contribution in [1.29, 1.82) is 0 Å². The molecule has 0 aliphatic rings. The average Bonchev–Trinajstić information content (AvgIpc) is 3.27. The van der Waals surface area contributed by atoms with Crippen molar-refractivity contribution in [2.24, 2.45) is 0 Å². The van der Waals surface area contributed by atoms with Gasteiger partial charge in [-0.1, -0.05) is 12.1 Å². The Bertz CT molecular complexity index is 1020. The third-order valence-electron chi connectivity index (χ3n) is 4.26. The van der Waals surface area contributed by atoms with Crippen LogP contribution >= 0.6 is 0 Å². The number of anilines is 1. The van der Waals surface area contributed by atoms with Crippen LogP contribution in [0.3, 0.4) is 0 Å². The zero-order valence-corrected chi connectivity index (χ0v) is 16.5. The van der Waals surface area contributed by atoms with Crippen LogP contribution in [0.2, 0.25) is 0 Å². The van der Waals surface area contributed by atoms with Crippen LogP contribution in [0.4, 0.5) is 10.1 Å². The quantitative estimate of drug-likeness (QED) is 0.585. The minimum Gasteiger partial charge on any atom is -0.494 e. The molecule has 0 aliphatic carbocycles. The molecule has 2 N–H and O–H groups in total. The molecule has 30 heavy (non-hydrogen) atoms. The molecule has 2 amide bonds. The molecule has 0 saturated heterocycles. The summed E-state index contributed by atoms with van der Waals surface area (Å²) in [6.07, 6.45) is 1.41. The van der Waals surface area contributed by atoms with Gasteiger partial charge in [0.25, 0.3) is 11.8 Å². The summed E-state index contributed by atoms with van der Waals surface area (Å²) >= 11 is 0. The van der Waals surface area contributed by atoms with Crippen LogP contribution in [0.15, 0.2) is 65.3 Å². The molecule has 0 spiro atoms. The molecule has 3 aromatic rings. The molecule has 1 aromatic heterocycles. The van der Waals surface area contributed by atoms with E-state index in [0.29, 0.717) is 17.0 Å². The zero-order chi connectivity index (χ0) is 21.5. The highest BCUT2D eigenvalue weighted by Crippen LogP contribution is 2.22. The molecule has 0 fully saturated rings. The normalized spacial score (nSPS) is 11.4. The minimum atomic E-state index is -0.499. The smallest absolute Gasteiger partial charge is 0.291 e. The Hall–Kier alpha value is -3.81. The van der Waals surface area contributed by atoms with Crippen molar-refractivity contribution in [1.82, 2.24) is 5.32 Å². The zero-order valence-electron chi connectivity index (χ0n) is 16.5. The number of rotatable bonds is 8. The standard InChI is InChI=1S/C22H21FN2O5/c1-14(15-8-9-19(28-2)18(23)11-15)24-21(26)13-30-17-6-3-5-16(12-17)25-22(27)20-7-4-10-29-20/h3-12,14H,13H2,1-2H3,(H,24,26)(H,25,27). The van der Waals surface area contributed by atoms with Crippen molar-refractivity contribution in [3.8, 4) is 11.5 Å². The van der Waals surface area contributed by atoms with Gasteiger partial charge in [0.2, 0.25) is 0 Å². The number of furan rings is 1. The fourth-order valence-electron chi connectivity index (χ4n) is 2.73. The summed E-state index contributed by atoms with van der Waals surface area (Å²) in [7, 11) is 1.39. The van der Waals surface area contributed by atoms with E-state index in [2.05, 4.69) is 10.6 Å². The lowest BCUT2D eigenvalue weighted by Gasteiger charge is -2.16. The van der Waals surface area contributed by atoms with Crippen molar-refractivity contribution >= 4 is 17.5 Å². The Labute approximate surface area is 172 Å². The Morgan fingerprint density at radius 3 is 2.67 bits per heavy atom. The molecule has 2 aromatic carbocycles. The van der Waals surface area contributed by atoms with Crippen LogP contribution < -0.4 is 20.1 Å². The van der Waals surface area contributed by atoms with Crippen LogP contribution in [0.5, 0.6) is 11.5 Å². The van der Waals surface area contributed by atoms with E-state index in [4.69, 9.17) is 13.9 Å². The number of hydrogen-bond donors (Lipinski definition) is 2. The molecule has 0 aliphatic heterocycles. The van der Waals surface area contributed by atoms with Gasteiger partial charge in [-0.05, 0) is 48.9 Å². The molecule has 1 atom stereocenters. The fourth-order valence-corrected chi connectivity index (χ4v) is 2.73. The van der Waals surface area contributed by atoms with Gasteiger partial charge in [-0.3, -0.25) is 9.59 Å². The highest BCUT2D eigenvalue weighted by Gasteiger charge is 2.13. The Kier molecular flexibility index (Phi) is 6.69. The summed E-state index contributed by atoms with van der Waals surface area (Å²) in [4.78, 5) is 24.2. The summed E-state index contributed by atoms with van der Waals surface area (Å²) in [5.41, 5.74) is 1.10.